The van der Waals surface area contributed by atoms with Gasteiger partial charge in [-0.25, -0.2) is 9.59 Å². The number of amides is 5. The van der Waals surface area contributed by atoms with Gasteiger partial charge in [0, 0.05) is 6.42 Å². The van der Waals surface area contributed by atoms with Crippen molar-refractivity contribution in [2.24, 2.45) is 5.92 Å². The van der Waals surface area contributed by atoms with Crippen LogP contribution in [0.5, 0.6) is 0 Å². The van der Waals surface area contributed by atoms with E-state index in [1.165, 1.54) is 0 Å². The fourth-order valence-corrected chi connectivity index (χ4v) is 4.64. The summed E-state index contributed by atoms with van der Waals surface area (Å²) in [4.78, 5) is 75.0. The Morgan fingerprint density at radius 1 is 0.600 bits per heavy atom. The first-order valence-electron chi connectivity index (χ1n) is 16.2. The molecule has 1 fully saturated rings. The molecule has 1 saturated carbocycles. The molecule has 2 atom stereocenters. The first kappa shape index (κ1) is 37.1. The van der Waals surface area contributed by atoms with E-state index < -0.39 is 67.5 Å². The second-order valence-electron chi connectivity index (χ2n) is 11.5. The van der Waals surface area contributed by atoms with Crippen molar-refractivity contribution >= 4 is 35.7 Å². The molecule has 0 saturated heterocycles. The molecule has 0 bridgehead atoms. The minimum atomic E-state index is -1.07. The van der Waals surface area contributed by atoms with Gasteiger partial charge in [0.2, 0.25) is 23.6 Å². The van der Waals surface area contributed by atoms with Crippen LogP contribution in [0.1, 0.15) is 29.5 Å². The third-order valence-electron chi connectivity index (χ3n) is 7.45. The highest BCUT2D eigenvalue weighted by atomic mass is 16.6. The Labute approximate surface area is 289 Å². The summed E-state index contributed by atoms with van der Waals surface area (Å²) in [5.74, 6) is -3.01. The number of carbonyl (C=O) groups excluding carboxylic acids is 6. The van der Waals surface area contributed by atoms with Crippen LogP contribution in [0.15, 0.2) is 91.0 Å². The number of nitrogens with one attached hydrogen (secondary N) is 5. The zero-order valence-corrected chi connectivity index (χ0v) is 27.4. The van der Waals surface area contributed by atoms with Gasteiger partial charge >= 0.3 is 12.1 Å². The molecule has 264 valence electrons. The van der Waals surface area contributed by atoms with Crippen molar-refractivity contribution in [1.82, 2.24) is 26.6 Å². The molecule has 3 aromatic carbocycles. The number of alkyl carbamates (subject to hydrolysis) is 1. The van der Waals surface area contributed by atoms with Gasteiger partial charge in [0.05, 0.1) is 13.1 Å². The first-order valence-corrected chi connectivity index (χ1v) is 16.2. The number of hydrogen-bond donors (Lipinski definition) is 5. The normalized spacial score (nSPS) is 13.1. The maximum absolute atomic E-state index is 13.1. The van der Waals surface area contributed by atoms with E-state index in [2.05, 4.69) is 26.6 Å². The Bertz CT molecular complexity index is 1570. The van der Waals surface area contributed by atoms with Crippen molar-refractivity contribution in [3.63, 3.8) is 0 Å². The van der Waals surface area contributed by atoms with Crippen molar-refractivity contribution < 1.29 is 43.0 Å². The van der Waals surface area contributed by atoms with Crippen LogP contribution in [-0.2, 0) is 57.8 Å². The monoisotopic (exact) mass is 687 g/mol. The average molecular weight is 688 g/mol. The molecule has 0 radical (unpaired) electrons. The minimum absolute atomic E-state index is 0.0136. The van der Waals surface area contributed by atoms with Crippen LogP contribution in [-0.4, -0.2) is 74.2 Å². The Balaban J connectivity index is 1.17. The van der Waals surface area contributed by atoms with Gasteiger partial charge < -0.3 is 40.8 Å². The molecule has 5 N–H and O–H groups in total. The molecule has 50 heavy (non-hydrogen) atoms. The SMILES string of the molecule is O=C(CNC(=O)OCc1ccccc1)NCC(=O)N[C@@H](Cc1ccccc1)C(=O)NCC(=O)NCOC(C(=O)OCc1ccccc1)C1CC1. The van der Waals surface area contributed by atoms with Gasteiger partial charge in [0.25, 0.3) is 0 Å². The molecule has 0 aromatic heterocycles. The van der Waals surface area contributed by atoms with Gasteiger partial charge in [-0.2, -0.15) is 0 Å². The molecule has 1 unspecified atom stereocenters. The van der Waals surface area contributed by atoms with Gasteiger partial charge in [-0.1, -0.05) is 91.0 Å². The van der Waals surface area contributed by atoms with Crippen molar-refractivity contribution in [1.29, 1.82) is 0 Å². The molecule has 4 rings (SSSR count). The van der Waals surface area contributed by atoms with Crippen molar-refractivity contribution in [3.8, 4) is 0 Å². The molecule has 0 heterocycles. The maximum atomic E-state index is 13.1. The smallest absolute Gasteiger partial charge is 0.407 e. The third-order valence-corrected chi connectivity index (χ3v) is 7.45. The van der Waals surface area contributed by atoms with Crippen molar-refractivity contribution in [2.45, 2.75) is 44.6 Å². The van der Waals surface area contributed by atoms with Crippen LogP contribution >= 0.6 is 0 Å². The van der Waals surface area contributed by atoms with Gasteiger partial charge in [0.1, 0.15) is 32.5 Å². The number of benzene rings is 3. The molecule has 14 nitrogen and oxygen atoms in total. The van der Waals surface area contributed by atoms with Crippen LogP contribution in [0.3, 0.4) is 0 Å². The Morgan fingerprint density at radius 3 is 1.72 bits per heavy atom. The largest absolute Gasteiger partial charge is 0.459 e. The maximum Gasteiger partial charge on any atom is 0.407 e. The van der Waals surface area contributed by atoms with Gasteiger partial charge in [-0.3, -0.25) is 19.2 Å². The standard InChI is InChI=1S/C36H41N5O9/c42-30(20-39-36(47)49-23-27-14-8-3-9-15-27)37-21-32(44)41-29(18-25-10-4-1-5-11-25)34(45)38-19-31(43)40-24-50-33(28-16-17-28)35(46)48-22-26-12-6-2-7-13-26/h1-15,28-29,33H,16-24H2,(H,37,42)(H,38,45)(H,39,47)(H,40,43)(H,41,44)/t29-,33?/m0/s1. The molecular formula is C36H41N5O9. The second kappa shape index (κ2) is 19.9. The van der Waals surface area contributed by atoms with Crippen molar-refractivity contribution in [3.05, 3.63) is 108 Å². The lowest BCUT2D eigenvalue weighted by Gasteiger charge is -2.19. The number of esters is 1. The number of rotatable bonds is 19. The van der Waals surface area contributed by atoms with Gasteiger partial charge in [-0.05, 0) is 35.4 Å². The van der Waals surface area contributed by atoms with E-state index in [0.29, 0.717) is 0 Å². The minimum Gasteiger partial charge on any atom is -0.459 e. The Hall–Kier alpha value is -5.76. The zero-order valence-electron chi connectivity index (χ0n) is 27.4. The van der Waals surface area contributed by atoms with E-state index in [1.807, 2.05) is 36.4 Å². The van der Waals surface area contributed by atoms with E-state index in [1.54, 1.807) is 54.6 Å². The van der Waals surface area contributed by atoms with Crippen molar-refractivity contribution in [2.75, 3.05) is 26.4 Å². The van der Waals surface area contributed by atoms with Gasteiger partial charge in [0.15, 0.2) is 6.10 Å². The molecule has 0 aliphatic heterocycles. The van der Waals surface area contributed by atoms with E-state index in [-0.39, 0.29) is 32.3 Å². The van der Waals surface area contributed by atoms with Crippen LogP contribution in [0, 0.1) is 5.92 Å². The number of ether oxygens (including phenoxy) is 3. The fourth-order valence-electron chi connectivity index (χ4n) is 4.64. The van der Waals surface area contributed by atoms with E-state index >= 15 is 0 Å². The Kier molecular flexibility index (Phi) is 14.8. The highest BCUT2D eigenvalue weighted by molar-refractivity contribution is 5.92. The quantitative estimate of drug-likeness (QED) is 0.0918. The molecule has 0 spiro atoms. The lowest BCUT2D eigenvalue weighted by molar-refractivity contribution is -0.161. The van der Waals surface area contributed by atoms with E-state index in [9.17, 15) is 28.8 Å². The lowest BCUT2D eigenvalue weighted by atomic mass is 10.1. The van der Waals surface area contributed by atoms with E-state index in [0.717, 1.165) is 29.5 Å². The molecule has 1 aliphatic carbocycles. The Morgan fingerprint density at radius 2 is 1.12 bits per heavy atom. The third kappa shape index (κ3) is 13.8. The summed E-state index contributed by atoms with van der Waals surface area (Å²) in [6.07, 6.45) is 0.124. The van der Waals surface area contributed by atoms with Crippen LogP contribution < -0.4 is 26.6 Å². The molecule has 5 amide bonds. The topological polar surface area (TPSA) is 190 Å². The van der Waals surface area contributed by atoms with Gasteiger partial charge in [-0.15, -0.1) is 0 Å². The summed E-state index contributed by atoms with van der Waals surface area (Å²) < 4.78 is 16.1. The second-order valence-corrected chi connectivity index (χ2v) is 11.5. The van der Waals surface area contributed by atoms with Crippen LogP contribution in [0.2, 0.25) is 0 Å². The summed E-state index contributed by atoms with van der Waals surface area (Å²) >= 11 is 0. The molecule has 3 aromatic rings. The number of carbonyl (C=O) groups is 6. The highest BCUT2D eigenvalue weighted by Crippen LogP contribution is 2.35. The first-order chi connectivity index (χ1) is 24.3. The summed E-state index contributed by atoms with van der Waals surface area (Å²) in [7, 11) is 0. The molecule has 14 heteroatoms. The average Bonchev–Trinajstić information content (AvgIpc) is 3.98. The summed E-state index contributed by atoms with van der Waals surface area (Å²) in [6.45, 7) is -1.43. The fraction of sp³-hybridized carbons (Fsp3) is 0.333. The zero-order chi connectivity index (χ0) is 35.6. The van der Waals surface area contributed by atoms with E-state index in [4.69, 9.17) is 14.2 Å². The predicted molar refractivity (Wildman–Crippen MR) is 180 cm³/mol. The predicted octanol–water partition coefficient (Wildman–Crippen LogP) is 1.49. The molecular weight excluding hydrogens is 646 g/mol. The number of hydrogen-bond acceptors (Lipinski definition) is 9. The highest BCUT2D eigenvalue weighted by Gasteiger charge is 2.38. The summed E-state index contributed by atoms with van der Waals surface area (Å²) in [5.41, 5.74) is 2.37. The summed E-state index contributed by atoms with van der Waals surface area (Å²) in [5, 5.41) is 12.3. The van der Waals surface area contributed by atoms with Crippen LogP contribution in [0.25, 0.3) is 0 Å². The lowest BCUT2D eigenvalue weighted by Crippen LogP contribution is -2.52. The molecule has 1 aliphatic rings. The van der Waals surface area contributed by atoms with Crippen LogP contribution in [0.4, 0.5) is 4.79 Å². The summed E-state index contributed by atoms with van der Waals surface area (Å²) in [6, 6.07) is 26.1.